The molecule has 112 valence electrons. The van der Waals surface area contributed by atoms with Crippen LogP contribution in [0.15, 0.2) is 6.07 Å². The maximum atomic E-state index is 5.74. The summed E-state index contributed by atoms with van der Waals surface area (Å²) in [7, 11) is 0. The summed E-state index contributed by atoms with van der Waals surface area (Å²) in [6.45, 7) is 11.7. The number of nitrogens with zero attached hydrogens (tertiary/aromatic N) is 2. The monoisotopic (exact) mass is 279 g/mol. The normalized spacial score (nSPS) is 24.1. The molecule has 2 atom stereocenters. The first-order chi connectivity index (χ1) is 9.47. The Morgan fingerprint density at radius 3 is 2.65 bits per heavy atom. The van der Waals surface area contributed by atoms with Crippen LogP contribution in [0, 0.1) is 12.3 Å². The Balaban J connectivity index is 2.04. The third-order valence-corrected chi connectivity index (χ3v) is 3.97. The minimum atomic E-state index is 0.0922. The van der Waals surface area contributed by atoms with Gasteiger partial charge < -0.3 is 14.8 Å². The third kappa shape index (κ3) is 3.03. The van der Waals surface area contributed by atoms with Crippen LogP contribution in [0.4, 0.5) is 5.95 Å². The van der Waals surface area contributed by atoms with Crippen LogP contribution in [0.5, 0.6) is 5.88 Å². The molecule has 20 heavy (non-hydrogen) atoms. The zero-order valence-electron chi connectivity index (χ0n) is 13.1. The number of nitrogens with one attached hydrogen (secondary N) is 1. The van der Waals surface area contributed by atoms with Crippen molar-refractivity contribution in [2.45, 2.75) is 53.2 Å². The smallest absolute Gasteiger partial charge is 0.226 e. The molecule has 0 radical (unpaired) electrons. The van der Waals surface area contributed by atoms with Gasteiger partial charge in [-0.05, 0) is 27.2 Å². The highest BCUT2D eigenvalue weighted by atomic mass is 16.5. The molecule has 0 saturated heterocycles. The molecule has 0 aliphatic heterocycles. The van der Waals surface area contributed by atoms with Crippen molar-refractivity contribution in [2.24, 2.45) is 5.41 Å². The van der Waals surface area contributed by atoms with Crippen molar-refractivity contribution in [1.82, 2.24) is 9.97 Å². The summed E-state index contributed by atoms with van der Waals surface area (Å²) >= 11 is 0. The molecule has 2 unspecified atom stereocenters. The Kier molecular flexibility index (Phi) is 4.48. The summed E-state index contributed by atoms with van der Waals surface area (Å²) in [6.07, 6.45) is 1.29. The number of anilines is 1. The van der Waals surface area contributed by atoms with Crippen molar-refractivity contribution < 1.29 is 9.47 Å². The summed E-state index contributed by atoms with van der Waals surface area (Å²) in [5.41, 5.74) is 0.999. The van der Waals surface area contributed by atoms with E-state index in [1.807, 2.05) is 26.8 Å². The second-order valence-corrected chi connectivity index (χ2v) is 5.80. The van der Waals surface area contributed by atoms with E-state index in [-0.39, 0.29) is 5.41 Å². The summed E-state index contributed by atoms with van der Waals surface area (Å²) < 4.78 is 11.2. The molecule has 1 heterocycles. The van der Waals surface area contributed by atoms with E-state index in [1.165, 1.54) is 0 Å². The topological polar surface area (TPSA) is 56.3 Å². The first kappa shape index (κ1) is 15.0. The van der Waals surface area contributed by atoms with Gasteiger partial charge in [-0.3, -0.25) is 0 Å². The maximum absolute atomic E-state index is 5.74. The Morgan fingerprint density at radius 2 is 2.05 bits per heavy atom. The van der Waals surface area contributed by atoms with Gasteiger partial charge in [0.05, 0.1) is 12.7 Å². The van der Waals surface area contributed by atoms with Crippen molar-refractivity contribution in [3.8, 4) is 5.88 Å². The van der Waals surface area contributed by atoms with E-state index in [9.17, 15) is 0 Å². The van der Waals surface area contributed by atoms with Crippen molar-refractivity contribution in [3.63, 3.8) is 0 Å². The molecule has 1 aliphatic rings. The number of ether oxygens (including phenoxy) is 2. The van der Waals surface area contributed by atoms with Crippen LogP contribution < -0.4 is 10.1 Å². The third-order valence-electron chi connectivity index (χ3n) is 3.97. The predicted molar refractivity (Wildman–Crippen MR) is 79.2 cm³/mol. The molecule has 0 spiro atoms. The van der Waals surface area contributed by atoms with Crippen molar-refractivity contribution in [2.75, 3.05) is 18.5 Å². The Hall–Kier alpha value is -1.36. The number of aromatic nitrogens is 2. The highest BCUT2D eigenvalue weighted by Gasteiger charge is 2.49. The Bertz CT molecular complexity index is 462. The number of aryl methyl sites for hydroxylation is 1. The zero-order chi connectivity index (χ0) is 14.8. The second kappa shape index (κ2) is 5.95. The fourth-order valence-corrected chi connectivity index (χ4v) is 2.60. The van der Waals surface area contributed by atoms with Gasteiger partial charge in [-0.15, -0.1) is 0 Å². The average Bonchev–Trinajstić information content (AvgIpc) is 2.37. The first-order valence-electron chi connectivity index (χ1n) is 7.34. The lowest BCUT2D eigenvalue weighted by Gasteiger charge is -2.51. The summed E-state index contributed by atoms with van der Waals surface area (Å²) in [6, 6.07) is 2.18. The van der Waals surface area contributed by atoms with Crippen molar-refractivity contribution >= 4 is 5.95 Å². The second-order valence-electron chi connectivity index (χ2n) is 5.80. The van der Waals surface area contributed by atoms with Gasteiger partial charge in [-0.25, -0.2) is 4.98 Å². The fourth-order valence-electron chi connectivity index (χ4n) is 2.60. The van der Waals surface area contributed by atoms with Crippen LogP contribution in [-0.2, 0) is 4.74 Å². The van der Waals surface area contributed by atoms with Gasteiger partial charge in [-0.2, -0.15) is 4.98 Å². The quantitative estimate of drug-likeness (QED) is 0.867. The van der Waals surface area contributed by atoms with E-state index < -0.39 is 0 Å². The van der Waals surface area contributed by atoms with Gasteiger partial charge in [0.1, 0.15) is 0 Å². The van der Waals surface area contributed by atoms with Crippen molar-refractivity contribution in [3.05, 3.63) is 11.8 Å². The molecule has 0 aromatic carbocycles. The molecule has 1 aliphatic carbocycles. The van der Waals surface area contributed by atoms with Crippen LogP contribution in [0.2, 0.25) is 0 Å². The minimum Gasteiger partial charge on any atom is -0.478 e. The Morgan fingerprint density at radius 1 is 1.30 bits per heavy atom. The molecule has 1 aromatic rings. The lowest BCUT2D eigenvalue weighted by molar-refractivity contribution is -0.0977. The van der Waals surface area contributed by atoms with Crippen LogP contribution in [-0.4, -0.2) is 35.3 Å². The standard InChI is InChI=1S/C15H25N3O2/c1-6-19-12-9-11(15(12,4)5)17-14-16-10(3)8-13(18-14)20-7-2/h8,11-12H,6-7,9H2,1-5H3,(H,16,17,18). The molecule has 0 bridgehead atoms. The van der Waals surface area contributed by atoms with Crippen LogP contribution in [0.1, 0.15) is 39.8 Å². The van der Waals surface area contributed by atoms with Gasteiger partial charge in [0.2, 0.25) is 11.8 Å². The van der Waals surface area contributed by atoms with Gasteiger partial charge >= 0.3 is 0 Å². The van der Waals surface area contributed by atoms with E-state index in [4.69, 9.17) is 9.47 Å². The largest absolute Gasteiger partial charge is 0.478 e. The molecule has 2 rings (SSSR count). The molecule has 1 saturated carbocycles. The van der Waals surface area contributed by atoms with Gasteiger partial charge in [0.15, 0.2) is 0 Å². The summed E-state index contributed by atoms with van der Waals surface area (Å²) in [5.74, 6) is 1.27. The molecular weight excluding hydrogens is 254 g/mol. The maximum Gasteiger partial charge on any atom is 0.226 e. The van der Waals surface area contributed by atoms with Crippen molar-refractivity contribution in [1.29, 1.82) is 0 Å². The number of hydrogen-bond donors (Lipinski definition) is 1. The lowest BCUT2D eigenvalue weighted by Crippen LogP contribution is -2.58. The predicted octanol–water partition coefficient (Wildman–Crippen LogP) is 2.80. The molecule has 5 heteroatoms. The summed E-state index contributed by atoms with van der Waals surface area (Å²) in [4.78, 5) is 8.83. The van der Waals surface area contributed by atoms with E-state index in [1.54, 1.807) is 0 Å². The molecule has 0 amide bonds. The van der Waals surface area contributed by atoms with Gasteiger partial charge in [-0.1, -0.05) is 13.8 Å². The highest BCUT2D eigenvalue weighted by molar-refractivity contribution is 5.34. The number of hydrogen-bond acceptors (Lipinski definition) is 5. The molecule has 1 fully saturated rings. The lowest BCUT2D eigenvalue weighted by atomic mass is 9.64. The van der Waals surface area contributed by atoms with Crippen LogP contribution in [0.25, 0.3) is 0 Å². The Labute approximate surface area is 121 Å². The van der Waals surface area contributed by atoms with E-state index >= 15 is 0 Å². The molecule has 1 N–H and O–H groups in total. The van der Waals surface area contributed by atoms with Crippen LogP contribution >= 0.6 is 0 Å². The molecular formula is C15H25N3O2. The zero-order valence-corrected chi connectivity index (χ0v) is 13.1. The van der Waals surface area contributed by atoms with E-state index in [0.717, 1.165) is 18.7 Å². The molecule has 5 nitrogen and oxygen atoms in total. The summed E-state index contributed by atoms with van der Waals surface area (Å²) in [5, 5.41) is 3.41. The van der Waals surface area contributed by atoms with E-state index in [2.05, 4.69) is 29.1 Å². The molecule has 1 aromatic heterocycles. The average molecular weight is 279 g/mol. The van der Waals surface area contributed by atoms with Gasteiger partial charge in [0, 0.05) is 29.8 Å². The fraction of sp³-hybridized carbons (Fsp3) is 0.733. The first-order valence-corrected chi connectivity index (χ1v) is 7.34. The SMILES string of the molecule is CCOc1cc(C)nc(NC2CC(OCC)C2(C)C)n1. The minimum absolute atomic E-state index is 0.0922. The van der Waals surface area contributed by atoms with Gasteiger partial charge in [0.25, 0.3) is 0 Å². The number of rotatable bonds is 6. The van der Waals surface area contributed by atoms with E-state index in [0.29, 0.717) is 30.6 Å². The van der Waals surface area contributed by atoms with Crippen LogP contribution in [0.3, 0.4) is 0 Å². The highest BCUT2D eigenvalue weighted by Crippen LogP contribution is 2.44.